The zero-order valence-corrected chi connectivity index (χ0v) is 18.3. The lowest BCUT2D eigenvalue weighted by atomic mass is 9.85. The quantitative estimate of drug-likeness (QED) is 0.656. The Morgan fingerprint density at radius 3 is 2.00 bits per heavy atom. The molecule has 0 spiro atoms. The maximum Gasteiger partial charge on any atom is 0.251 e. The van der Waals surface area contributed by atoms with Crippen molar-refractivity contribution in [1.29, 1.82) is 0 Å². The first-order valence-electron chi connectivity index (χ1n) is 10.1. The molecule has 2 aromatic carbocycles. The second-order valence-electron chi connectivity index (χ2n) is 8.68. The third-order valence-corrected chi connectivity index (χ3v) is 4.94. The molecule has 0 radical (unpaired) electrons. The summed E-state index contributed by atoms with van der Waals surface area (Å²) >= 11 is 0. The van der Waals surface area contributed by atoms with Crippen LogP contribution in [0, 0.1) is 5.92 Å². The summed E-state index contributed by atoms with van der Waals surface area (Å²) in [7, 11) is 1.59. The van der Waals surface area contributed by atoms with Gasteiger partial charge in [-0.05, 0) is 46.7 Å². The highest BCUT2D eigenvalue weighted by molar-refractivity contribution is 5.96. The number of nitrogens with one attached hydrogen (secondary N) is 3. The van der Waals surface area contributed by atoms with Crippen LogP contribution in [0.2, 0.25) is 0 Å². The highest BCUT2D eigenvalue weighted by Gasteiger charge is 2.19. The Morgan fingerprint density at radius 2 is 1.52 bits per heavy atom. The highest BCUT2D eigenvalue weighted by Crippen LogP contribution is 2.26. The van der Waals surface area contributed by atoms with Crippen LogP contribution in [0.4, 0.5) is 5.69 Å². The second kappa shape index (κ2) is 9.70. The molecule has 1 atom stereocenters. The summed E-state index contributed by atoms with van der Waals surface area (Å²) < 4.78 is 0. The molecule has 2 amide bonds. The highest BCUT2D eigenvalue weighted by atomic mass is 16.2. The van der Waals surface area contributed by atoms with Crippen LogP contribution in [0.25, 0.3) is 0 Å². The third kappa shape index (κ3) is 6.43. The van der Waals surface area contributed by atoms with Crippen molar-refractivity contribution in [2.45, 2.75) is 46.1 Å². The van der Waals surface area contributed by atoms with Crippen LogP contribution in [0.5, 0.6) is 0 Å². The number of carbonyl (C=O) groups is 2. The molecule has 0 bridgehead atoms. The fraction of sp³-hybridized carbons (Fsp3) is 0.417. The number of hydrogen-bond donors (Lipinski definition) is 3. The van der Waals surface area contributed by atoms with Gasteiger partial charge in [-0.15, -0.1) is 0 Å². The maximum atomic E-state index is 12.4. The molecular weight excluding hydrogens is 362 g/mol. The minimum atomic E-state index is -0.151. The Labute approximate surface area is 174 Å². The summed E-state index contributed by atoms with van der Waals surface area (Å²) in [5.41, 5.74) is 3.81. The van der Waals surface area contributed by atoms with Crippen molar-refractivity contribution in [3.63, 3.8) is 0 Å². The van der Waals surface area contributed by atoms with Gasteiger partial charge < -0.3 is 16.0 Å². The van der Waals surface area contributed by atoms with E-state index >= 15 is 0 Å². The molecule has 0 heterocycles. The zero-order valence-electron chi connectivity index (χ0n) is 18.3. The van der Waals surface area contributed by atoms with Crippen molar-refractivity contribution in [3.05, 3.63) is 65.2 Å². The molecule has 2 aromatic rings. The van der Waals surface area contributed by atoms with Crippen molar-refractivity contribution < 1.29 is 9.59 Å². The lowest BCUT2D eigenvalue weighted by molar-refractivity contribution is -0.115. The first kappa shape index (κ1) is 22.6. The molecule has 156 valence electrons. The van der Waals surface area contributed by atoms with E-state index in [4.69, 9.17) is 0 Å². The van der Waals surface area contributed by atoms with Crippen LogP contribution in [0.3, 0.4) is 0 Å². The monoisotopic (exact) mass is 395 g/mol. The molecule has 0 aromatic heterocycles. The second-order valence-corrected chi connectivity index (χ2v) is 8.68. The molecule has 3 N–H and O–H groups in total. The van der Waals surface area contributed by atoms with Gasteiger partial charge in [-0.2, -0.15) is 0 Å². The average Bonchev–Trinajstić information content (AvgIpc) is 2.67. The van der Waals surface area contributed by atoms with Crippen LogP contribution in [0.1, 0.15) is 62.1 Å². The van der Waals surface area contributed by atoms with E-state index in [1.165, 1.54) is 11.1 Å². The van der Waals surface area contributed by atoms with Crippen molar-refractivity contribution in [2.75, 3.05) is 18.9 Å². The van der Waals surface area contributed by atoms with Gasteiger partial charge >= 0.3 is 0 Å². The van der Waals surface area contributed by atoms with Gasteiger partial charge in [0, 0.05) is 24.3 Å². The van der Waals surface area contributed by atoms with Gasteiger partial charge in [-0.1, -0.05) is 58.9 Å². The molecule has 0 aliphatic heterocycles. The molecule has 2 rings (SSSR count). The van der Waals surface area contributed by atoms with Gasteiger partial charge in [-0.25, -0.2) is 0 Å². The Balaban J connectivity index is 1.98. The molecule has 0 saturated carbocycles. The van der Waals surface area contributed by atoms with Gasteiger partial charge in [0.1, 0.15) is 0 Å². The van der Waals surface area contributed by atoms with Gasteiger partial charge in [-0.3, -0.25) is 9.59 Å². The van der Waals surface area contributed by atoms with Crippen LogP contribution in [-0.4, -0.2) is 25.4 Å². The van der Waals surface area contributed by atoms with Gasteiger partial charge in [0.05, 0.1) is 6.54 Å². The van der Waals surface area contributed by atoms with Crippen molar-refractivity contribution in [2.24, 2.45) is 5.92 Å². The number of carbonyl (C=O) groups excluding carboxylic acids is 2. The maximum absolute atomic E-state index is 12.4. The zero-order chi connectivity index (χ0) is 21.6. The van der Waals surface area contributed by atoms with Crippen LogP contribution in [0.15, 0.2) is 48.5 Å². The molecule has 0 fully saturated rings. The summed E-state index contributed by atoms with van der Waals surface area (Å²) in [4.78, 5) is 24.0. The van der Waals surface area contributed by atoms with E-state index in [0.29, 0.717) is 17.2 Å². The number of rotatable bonds is 7. The van der Waals surface area contributed by atoms with Crippen LogP contribution >= 0.6 is 0 Å². The third-order valence-electron chi connectivity index (χ3n) is 4.94. The molecule has 5 nitrogen and oxygen atoms in total. The van der Waals surface area contributed by atoms with E-state index in [2.05, 4.69) is 74.8 Å². The van der Waals surface area contributed by atoms with Crippen molar-refractivity contribution >= 4 is 17.5 Å². The Hall–Kier alpha value is -2.66. The van der Waals surface area contributed by atoms with E-state index in [1.54, 1.807) is 31.3 Å². The minimum Gasteiger partial charge on any atom is -0.355 e. The predicted molar refractivity (Wildman–Crippen MR) is 119 cm³/mol. The first-order chi connectivity index (χ1) is 13.6. The van der Waals surface area contributed by atoms with Crippen LogP contribution in [-0.2, 0) is 10.2 Å². The van der Waals surface area contributed by atoms with Gasteiger partial charge in [0.2, 0.25) is 5.91 Å². The smallest absolute Gasteiger partial charge is 0.251 e. The molecule has 0 saturated heterocycles. The van der Waals surface area contributed by atoms with E-state index in [1.807, 2.05) is 0 Å². The summed E-state index contributed by atoms with van der Waals surface area (Å²) in [5.74, 6) is 0.0755. The number of amides is 2. The summed E-state index contributed by atoms with van der Waals surface area (Å²) in [6, 6.07) is 15.6. The van der Waals surface area contributed by atoms with Crippen molar-refractivity contribution in [3.8, 4) is 0 Å². The molecule has 0 aliphatic rings. The number of hydrogen-bond acceptors (Lipinski definition) is 3. The van der Waals surface area contributed by atoms with Gasteiger partial charge in [0.15, 0.2) is 0 Å². The van der Waals surface area contributed by atoms with Crippen molar-refractivity contribution in [1.82, 2.24) is 10.6 Å². The molecular formula is C24H33N3O2. The summed E-state index contributed by atoms with van der Waals surface area (Å²) in [5, 5.41) is 8.82. The van der Waals surface area contributed by atoms with E-state index in [0.717, 1.165) is 0 Å². The standard InChI is InChI=1S/C24H33N3O2/c1-16(2)22(17-7-11-19(12-8-17)24(3,4)5)26-15-21(28)27-20-13-9-18(10-14-20)23(29)25-6/h7-14,16,22,26H,15H2,1-6H3,(H,25,29)(H,27,28)/t22-/m1/s1. The average molecular weight is 396 g/mol. The topological polar surface area (TPSA) is 70.2 Å². The Kier molecular flexibility index (Phi) is 7.57. The largest absolute Gasteiger partial charge is 0.355 e. The lowest BCUT2D eigenvalue weighted by Gasteiger charge is -2.25. The predicted octanol–water partition coefficient (Wildman–Crippen LogP) is 4.27. The number of benzene rings is 2. The molecule has 0 unspecified atom stereocenters. The summed E-state index contributed by atoms with van der Waals surface area (Å²) in [6.07, 6.45) is 0. The van der Waals surface area contributed by atoms with E-state index in [-0.39, 0.29) is 29.8 Å². The Bertz CT molecular complexity index is 819. The normalized spacial score (nSPS) is 12.5. The fourth-order valence-corrected chi connectivity index (χ4v) is 3.19. The molecule has 0 aliphatic carbocycles. The first-order valence-corrected chi connectivity index (χ1v) is 10.1. The minimum absolute atomic E-state index is 0.0883. The number of anilines is 1. The Morgan fingerprint density at radius 1 is 0.931 bits per heavy atom. The SMILES string of the molecule is CNC(=O)c1ccc(NC(=O)CN[C@@H](c2ccc(C(C)(C)C)cc2)C(C)C)cc1. The molecule has 29 heavy (non-hydrogen) atoms. The summed E-state index contributed by atoms with van der Waals surface area (Å²) in [6.45, 7) is 11.1. The van der Waals surface area contributed by atoms with E-state index < -0.39 is 0 Å². The lowest BCUT2D eigenvalue weighted by Crippen LogP contribution is -2.33. The van der Waals surface area contributed by atoms with Gasteiger partial charge in [0.25, 0.3) is 5.91 Å². The van der Waals surface area contributed by atoms with Crippen LogP contribution < -0.4 is 16.0 Å². The molecule has 5 heteroatoms. The van der Waals surface area contributed by atoms with E-state index in [9.17, 15) is 9.59 Å². The fourth-order valence-electron chi connectivity index (χ4n) is 3.19.